The summed E-state index contributed by atoms with van der Waals surface area (Å²) in [6.45, 7) is 3.08. The highest BCUT2D eigenvalue weighted by Crippen LogP contribution is 2.53. The molecule has 2 aromatic carbocycles. The van der Waals surface area contributed by atoms with E-state index in [9.17, 15) is 39.9 Å². The monoisotopic (exact) mass is 571 g/mol. The normalized spacial score (nSPS) is 30.9. The lowest BCUT2D eigenvalue weighted by Gasteiger charge is -2.45. The van der Waals surface area contributed by atoms with Crippen LogP contribution >= 0.6 is 0 Å². The third-order valence-electron chi connectivity index (χ3n) is 8.40. The molecule has 0 radical (unpaired) electrons. The molecule has 0 aromatic heterocycles. The smallest absolute Gasteiger partial charge is 0.316 e. The molecule has 1 saturated heterocycles. The van der Waals surface area contributed by atoms with Gasteiger partial charge in [-0.3, -0.25) is 14.4 Å². The molecule has 5 N–H and O–H groups in total. The van der Waals surface area contributed by atoms with Crippen molar-refractivity contribution in [2.45, 2.75) is 68.9 Å². The van der Waals surface area contributed by atoms with Crippen molar-refractivity contribution in [3.63, 3.8) is 0 Å². The molecule has 220 valence electrons. The van der Waals surface area contributed by atoms with E-state index in [0.29, 0.717) is 0 Å². The summed E-state index contributed by atoms with van der Waals surface area (Å²) in [5.41, 5.74) is -3.44. The number of carbonyl (C=O) groups is 3. The van der Waals surface area contributed by atoms with Gasteiger partial charge in [-0.25, -0.2) is 0 Å². The summed E-state index contributed by atoms with van der Waals surface area (Å²) in [5.74, 6) is -5.75. The second kappa shape index (κ2) is 10.1. The van der Waals surface area contributed by atoms with Gasteiger partial charge in [-0.2, -0.15) is 0 Å². The summed E-state index contributed by atoms with van der Waals surface area (Å²) in [4.78, 5) is 42.0. The molecule has 0 saturated carbocycles. The number of rotatable bonds is 4. The van der Waals surface area contributed by atoms with E-state index >= 15 is 0 Å². The first kappa shape index (κ1) is 29.0. The van der Waals surface area contributed by atoms with Gasteiger partial charge in [0.1, 0.15) is 23.2 Å². The minimum absolute atomic E-state index is 0.00615. The molecule has 7 atom stereocenters. The van der Waals surface area contributed by atoms with Crippen LogP contribution in [0.25, 0.3) is 0 Å². The fraction of sp³-hybridized carbons (Fsp3) is 0.483. The topological polar surface area (TPSA) is 183 Å². The van der Waals surface area contributed by atoms with Crippen LogP contribution in [0, 0.1) is 0 Å². The molecular weight excluding hydrogens is 538 g/mol. The number of fused-ring (bicyclic) bond motifs is 3. The van der Waals surface area contributed by atoms with E-state index in [1.54, 1.807) is 21.0 Å². The van der Waals surface area contributed by atoms with E-state index in [1.165, 1.54) is 13.0 Å². The lowest BCUT2D eigenvalue weighted by atomic mass is 9.68. The number of aliphatic hydroxyl groups is 2. The van der Waals surface area contributed by atoms with Crippen molar-refractivity contribution in [2.75, 3.05) is 21.2 Å². The van der Waals surface area contributed by atoms with Crippen LogP contribution in [0.4, 0.5) is 0 Å². The predicted octanol–water partition coefficient (Wildman–Crippen LogP) is 1.47. The quantitative estimate of drug-likeness (QED) is 0.225. The molecule has 0 bridgehead atoms. The van der Waals surface area contributed by atoms with Gasteiger partial charge in [0, 0.05) is 30.0 Å². The van der Waals surface area contributed by atoms with Gasteiger partial charge in [-0.05, 0) is 51.7 Å². The summed E-state index contributed by atoms with van der Waals surface area (Å²) < 4.78 is 17.1. The zero-order chi connectivity index (χ0) is 30.1. The number of ether oxygens (including phenoxy) is 3. The number of hydrogen-bond donors (Lipinski definition) is 5. The first-order valence-corrected chi connectivity index (χ1v) is 13.2. The molecule has 0 spiro atoms. The molecule has 1 aliphatic heterocycles. The molecule has 2 aromatic rings. The van der Waals surface area contributed by atoms with Crippen molar-refractivity contribution < 1.29 is 54.1 Å². The van der Waals surface area contributed by atoms with E-state index < -0.39 is 87.6 Å². The van der Waals surface area contributed by atoms with Crippen LogP contribution < -0.4 is 0 Å². The molecule has 0 amide bonds. The summed E-state index contributed by atoms with van der Waals surface area (Å²) in [5, 5.41) is 54.5. The van der Waals surface area contributed by atoms with Gasteiger partial charge in [-0.1, -0.05) is 0 Å². The number of nitrogens with zero attached hydrogens (tertiary/aromatic N) is 1. The van der Waals surface area contributed by atoms with E-state index in [-0.39, 0.29) is 35.6 Å². The average molecular weight is 572 g/mol. The number of likely N-dealkylation sites (N-methyl/N-ethyl adjacent to an activating group) is 1. The highest BCUT2D eigenvalue weighted by molar-refractivity contribution is 6.31. The third kappa shape index (κ3) is 4.46. The first-order chi connectivity index (χ1) is 19.2. The van der Waals surface area contributed by atoms with Crippen molar-refractivity contribution in [2.24, 2.45) is 0 Å². The van der Waals surface area contributed by atoms with Crippen molar-refractivity contribution in [3.8, 4) is 17.2 Å². The first-order valence-electron chi connectivity index (χ1n) is 13.2. The Labute approximate surface area is 235 Å². The minimum atomic E-state index is -1.79. The predicted molar refractivity (Wildman–Crippen MR) is 141 cm³/mol. The molecule has 12 heteroatoms. The van der Waals surface area contributed by atoms with Crippen molar-refractivity contribution in [1.29, 1.82) is 0 Å². The summed E-state index contributed by atoms with van der Waals surface area (Å²) in [6.07, 6.45) is -3.43. The van der Waals surface area contributed by atoms with Crippen LogP contribution in [-0.2, 0) is 19.0 Å². The van der Waals surface area contributed by atoms with Gasteiger partial charge in [0.2, 0.25) is 5.78 Å². The SMILES string of the molecule is COC(=O)[C@@H]1c2cc3c(c(O)c2C(O[C@H]2CC(N(C)C)[C@H](O)C(C)O2)C[C@]1(C)O)C(=O)c1c(O)ccc(O)c1C3=O. The van der Waals surface area contributed by atoms with Gasteiger partial charge >= 0.3 is 5.97 Å². The zero-order valence-electron chi connectivity index (χ0n) is 23.2. The standard InChI is InChI=1S/C29H33NO11/c1-11-24(33)14(30(3)4)9-18(40-11)41-17-10-29(2,38)23(28(37)39-5)12-8-13-20(26(35)19(12)17)27(36)22-16(32)7-6-15(31)21(22)25(13)34/h6-8,11,14,17-18,23-24,31-33,35,38H,9-10H2,1-5H3/t11?,14?,17?,18-,23-,24+,29-/m0/s1. The Morgan fingerprint density at radius 1 is 1.07 bits per heavy atom. The minimum Gasteiger partial charge on any atom is -0.507 e. The fourth-order valence-corrected chi connectivity index (χ4v) is 6.35. The molecule has 5 rings (SSSR count). The largest absolute Gasteiger partial charge is 0.507 e. The van der Waals surface area contributed by atoms with Crippen LogP contribution in [0.5, 0.6) is 17.2 Å². The Balaban J connectivity index is 1.68. The number of ketones is 2. The Morgan fingerprint density at radius 3 is 2.27 bits per heavy atom. The average Bonchev–Trinajstić information content (AvgIpc) is 2.89. The molecule has 3 aliphatic rings. The van der Waals surface area contributed by atoms with Crippen LogP contribution in [0.3, 0.4) is 0 Å². The number of hydrogen-bond acceptors (Lipinski definition) is 12. The molecule has 2 aliphatic carbocycles. The third-order valence-corrected chi connectivity index (χ3v) is 8.40. The number of phenolic OH excluding ortho intramolecular Hbond substituents is 3. The number of aromatic hydroxyl groups is 3. The summed E-state index contributed by atoms with van der Waals surface area (Å²) >= 11 is 0. The Hall–Kier alpha value is -3.55. The second-order valence-corrected chi connectivity index (χ2v) is 11.3. The fourth-order valence-electron chi connectivity index (χ4n) is 6.35. The highest BCUT2D eigenvalue weighted by atomic mass is 16.7. The Bertz CT molecular complexity index is 1450. The van der Waals surface area contributed by atoms with Gasteiger partial charge < -0.3 is 44.6 Å². The van der Waals surface area contributed by atoms with E-state index in [4.69, 9.17) is 14.2 Å². The van der Waals surface area contributed by atoms with Gasteiger partial charge in [0.25, 0.3) is 0 Å². The van der Waals surface area contributed by atoms with Crippen LogP contribution in [-0.4, -0.2) is 99.3 Å². The number of esters is 1. The Kier molecular flexibility index (Phi) is 7.11. The van der Waals surface area contributed by atoms with Gasteiger partial charge in [-0.15, -0.1) is 0 Å². The van der Waals surface area contributed by atoms with Crippen molar-refractivity contribution in [3.05, 3.63) is 51.6 Å². The highest BCUT2D eigenvalue weighted by Gasteiger charge is 2.52. The lowest BCUT2D eigenvalue weighted by Crippen LogP contribution is -2.54. The van der Waals surface area contributed by atoms with Crippen LogP contribution in [0.15, 0.2) is 18.2 Å². The lowest BCUT2D eigenvalue weighted by molar-refractivity contribution is -0.257. The molecule has 41 heavy (non-hydrogen) atoms. The number of phenols is 3. The number of benzene rings is 2. The summed E-state index contributed by atoms with van der Waals surface area (Å²) in [6, 6.07) is 3.02. The Morgan fingerprint density at radius 2 is 1.68 bits per heavy atom. The number of aliphatic hydroxyl groups excluding tert-OH is 1. The maximum absolute atomic E-state index is 13.6. The second-order valence-electron chi connectivity index (χ2n) is 11.3. The van der Waals surface area contributed by atoms with Gasteiger partial charge in [0.05, 0.1) is 47.7 Å². The van der Waals surface area contributed by atoms with Gasteiger partial charge in [0.15, 0.2) is 12.1 Å². The molecule has 1 fully saturated rings. The molecule has 1 heterocycles. The summed E-state index contributed by atoms with van der Waals surface area (Å²) in [7, 11) is 4.74. The van der Waals surface area contributed by atoms with Crippen LogP contribution in [0.2, 0.25) is 0 Å². The number of methoxy groups -OCH3 is 1. The molecular formula is C29H33NO11. The maximum atomic E-state index is 13.6. The zero-order valence-corrected chi connectivity index (χ0v) is 23.2. The number of carbonyl (C=O) groups excluding carboxylic acids is 3. The molecule has 3 unspecified atom stereocenters. The van der Waals surface area contributed by atoms with E-state index in [0.717, 1.165) is 19.2 Å². The maximum Gasteiger partial charge on any atom is 0.316 e. The molecule has 12 nitrogen and oxygen atoms in total. The van der Waals surface area contributed by atoms with Crippen LogP contribution in [0.1, 0.15) is 81.7 Å². The van der Waals surface area contributed by atoms with Crippen molar-refractivity contribution >= 4 is 17.5 Å². The van der Waals surface area contributed by atoms with Crippen molar-refractivity contribution in [1.82, 2.24) is 4.90 Å². The van der Waals surface area contributed by atoms with E-state index in [1.807, 2.05) is 4.90 Å². The van der Waals surface area contributed by atoms with E-state index in [2.05, 4.69) is 0 Å².